The maximum Gasteiger partial charge on any atom is 0.249 e. The lowest BCUT2D eigenvalue weighted by Crippen LogP contribution is -2.24. The van der Waals surface area contributed by atoms with Crippen LogP contribution in [0.3, 0.4) is 0 Å². The molecule has 0 saturated heterocycles. The van der Waals surface area contributed by atoms with E-state index in [1.54, 1.807) is 36.4 Å². The fourth-order valence-electron chi connectivity index (χ4n) is 2.27. The van der Waals surface area contributed by atoms with Crippen LogP contribution in [-0.2, 0) is 9.59 Å². The van der Waals surface area contributed by atoms with E-state index < -0.39 is 11.8 Å². The van der Waals surface area contributed by atoms with E-state index in [2.05, 4.69) is 21.8 Å². The molecule has 2 rings (SSSR count). The van der Waals surface area contributed by atoms with Crippen LogP contribution in [0.5, 0.6) is 11.5 Å². The van der Waals surface area contributed by atoms with Crippen molar-refractivity contribution < 1.29 is 19.1 Å². The van der Waals surface area contributed by atoms with Gasteiger partial charge in [-0.3, -0.25) is 9.59 Å². The monoisotopic (exact) mass is 413 g/mol. The molecule has 2 N–H and O–H groups in total. The highest BCUT2D eigenvalue weighted by molar-refractivity contribution is 6.32. The number of amides is 2. The van der Waals surface area contributed by atoms with Gasteiger partial charge in [0.25, 0.3) is 0 Å². The van der Waals surface area contributed by atoms with Crippen LogP contribution in [-0.4, -0.2) is 31.2 Å². The van der Waals surface area contributed by atoms with E-state index in [0.29, 0.717) is 34.4 Å². The average Bonchev–Trinajstić information content (AvgIpc) is 2.68. The summed E-state index contributed by atoms with van der Waals surface area (Å²) in [4.78, 5) is 23.7. The molecule has 7 nitrogen and oxygen atoms in total. The maximum absolute atomic E-state index is 11.9. The fraction of sp³-hybridized carbons (Fsp3) is 0.190. The number of carbonyl (C=O) groups excluding carboxylic acids is 2. The Hall–Kier alpha value is -3.50. The van der Waals surface area contributed by atoms with Gasteiger partial charge in [-0.05, 0) is 36.8 Å². The Kier molecular flexibility index (Phi) is 8.54. The molecule has 0 aliphatic rings. The molecule has 0 radical (unpaired) electrons. The van der Waals surface area contributed by atoms with Gasteiger partial charge in [-0.1, -0.05) is 35.7 Å². The topological polar surface area (TPSA) is 89.0 Å². The van der Waals surface area contributed by atoms with Crippen LogP contribution in [0.4, 0.5) is 5.69 Å². The van der Waals surface area contributed by atoms with Gasteiger partial charge in [0.15, 0.2) is 11.5 Å². The zero-order valence-electron chi connectivity index (χ0n) is 15.8. The van der Waals surface area contributed by atoms with Crippen LogP contribution < -0.4 is 20.2 Å². The van der Waals surface area contributed by atoms with Crippen molar-refractivity contribution in [3.8, 4) is 23.8 Å². The van der Waals surface area contributed by atoms with Crippen molar-refractivity contribution in [2.24, 2.45) is 5.10 Å². The highest BCUT2D eigenvalue weighted by atomic mass is 35.5. The van der Waals surface area contributed by atoms with Gasteiger partial charge >= 0.3 is 0 Å². The zero-order valence-corrected chi connectivity index (χ0v) is 16.5. The molecule has 2 amide bonds. The number of ether oxygens (including phenoxy) is 2. The standard InChI is InChI=1S/C21H20ClN3O4/c1-3-10-29-21-17(22)11-15(12-18(21)28-4-2)14-23-25-20(27)13-19(26)24-16-8-6-5-7-9-16/h1,5-9,11-12,14H,4,10,13H2,2H3,(H,24,26)(H,25,27). The molecular formula is C21H20ClN3O4. The number of anilines is 1. The Labute approximate surface area is 174 Å². The molecule has 0 heterocycles. The number of hydrogen-bond donors (Lipinski definition) is 2. The molecule has 2 aromatic rings. The van der Waals surface area contributed by atoms with E-state index in [-0.39, 0.29) is 13.0 Å². The van der Waals surface area contributed by atoms with Crippen LogP contribution in [0.2, 0.25) is 5.02 Å². The van der Waals surface area contributed by atoms with Crippen LogP contribution in [0, 0.1) is 12.3 Å². The molecular weight excluding hydrogens is 394 g/mol. The average molecular weight is 414 g/mol. The Morgan fingerprint density at radius 1 is 1.21 bits per heavy atom. The Morgan fingerprint density at radius 3 is 2.66 bits per heavy atom. The molecule has 2 aromatic carbocycles. The molecule has 0 aliphatic carbocycles. The SMILES string of the molecule is C#CCOc1c(Cl)cc(C=NNC(=O)CC(=O)Nc2ccccc2)cc1OCC. The molecule has 0 atom stereocenters. The number of terminal acetylenes is 1. The van der Waals surface area contributed by atoms with Gasteiger partial charge in [-0.15, -0.1) is 6.42 Å². The second-order valence-electron chi connectivity index (χ2n) is 5.64. The molecule has 29 heavy (non-hydrogen) atoms. The summed E-state index contributed by atoms with van der Waals surface area (Å²) < 4.78 is 10.9. The molecule has 0 aliphatic heterocycles. The molecule has 0 saturated carbocycles. The molecule has 150 valence electrons. The molecule has 0 spiro atoms. The van der Waals surface area contributed by atoms with E-state index in [1.165, 1.54) is 6.21 Å². The number of hydrogen-bond acceptors (Lipinski definition) is 5. The predicted molar refractivity (Wildman–Crippen MR) is 112 cm³/mol. The first-order valence-electron chi connectivity index (χ1n) is 8.73. The van der Waals surface area contributed by atoms with Crippen LogP contribution >= 0.6 is 11.6 Å². The van der Waals surface area contributed by atoms with Crippen LogP contribution in [0.25, 0.3) is 0 Å². The number of benzene rings is 2. The molecule has 0 bridgehead atoms. The van der Waals surface area contributed by atoms with Gasteiger partial charge in [-0.25, -0.2) is 5.43 Å². The predicted octanol–water partition coefficient (Wildman–Crippen LogP) is 3.23. The smallest absolute Gasteiger partial charge is 0.249 e. The lowest BCUT2D eigenvalue weighted by atomic mass is 10.2. The first-order valence-corrected chi connectivity index (χ1v) is 9.10. The first-order chi connectivity index (χ1) is 14.0. The Balaban J connectivity index is 1.95. The van der Waals surface area contributed by atoms with Crippen molar-refractivity contribution >= 4 is 35.3 Å². The summed E-state index contributed by atoms with van der Waals surface area (Å²) in [5.41, 5.74) is 3.48. The zero-order chi connectivity index (χ0) is 21.1. The highest BCUT2D eigenvalue weighted by Gasteiger charge is 2.12. The minimum absolute atomic E-state index is 0.0499. The lowest BCUT2D eigenvalue weighted by molar-refractivity contribution is -0.126. The summed E-state index contributed by atoms with van der Waals surface area (Å²) in [5.74, 6) is 2.11. The summed E-state index contributed by atoms with van der Waals surface area (Å²) in [6.07, 6.45) is 6.22. The van der Waals surface area contributed by atoms with Crippen LogP contribution in [0.15, 0.2) is 47.6 Å². The van der Waals surface area contributed by atoms with E-state index in [0.717, 1.165) is 0 Å². The molecule has 0 aromatic heterocycles. The number of para-hydroxylation sites is 1. The van der Waals surface area contributed by atoms with Gasteiger partial charge in [0.2, 0.25) is 11.8 Å². The summed E-state index contributed by atoms with van der Waals surface area (Å²) >= 11 is 6.22. The fourth-order valence-corrected chi connectivity index (χ4v) is 2.54. The van der Waals surface area contributed by atoms with Crippen molar-refractivity contribution in [1.29, 1.82) is 0 Å². The Bertz CT molecular complexity index is 924. The molecule has 0 unspecified atom stereocenters. The second-order valence-corrected chi connectivity index (χ2v) is 6.05. The number of carbonyl (C=O) groups is 2. The molecule has 8 heteroatoms. The largest absolute Gasteiger partial charge is 0.490 e. The quantitative estimate of drug-likeness (QED) is 0.286. The van der Waals surface area contributed by atoms with Crippen molar-refractivity contribution in [2.75, 3.05) is 18.5 Å². The number of nitrogens with one attached hydrogen (secondary N) is 2. The summed E-state index contributed by atoms with van der Waals surface area (Å²) in [7, 11) is 0. The van der Waals surface area contributed by atoms with Crippen molar-refractivity contribution in [2.45, 2.75) is 13.3 Å². The lowest BCUT2D eigenvalue weighted by Gasteiger charge is -2.12. The van der Waals surface area contributed by atoms with Gasteiger partial charge in [0, 0.05) is 5.69 Å². The minimum atomic E-state index is -0.556. The number of hydrazone groups is 1. The van der Waals surface area contributed by atoms with Crippen LogP contribution in [0.1, 0.15) is 18.9 Å². The molecule has 0 fully saturated rings. The minimum Gasteiger partial charge on any atom is -0.490 e. The van der Waals surface area contributed by atoms with E-state index in [4.69, 9.17) is 27.5 Å². The van der Waals surface area contributed by atoms with E-state index in [9.17, 15) is 9.59 Å². The second kappa shape index (κ2) is 11.4. The highest BCUT2D eigenvalue weighted by Crippen LogP contribution is 2.36. The van der Waals surface area contributed by atoms with Gasteiger partial charge in [-0.2, -0.15) is 5.10 Å². The van der Waals surface area contributed by atoms with Crippen molar-refractivity contribution in [3.63, 3.8) is 0 Å². The van der Waals surface area contributed by atoms with E-state index >= 15 is 0 Å². The third kappa shape index (κ3) is 7.20. The normalized spacial score (nSPS) is 10.2. The third-order valence-electron chi connectivity index (χ3n) is 3.41. The third-order valence-corrected chi connectivity index (χ3v) is 3.69. The Morgan fingerprint density at radius 2 is 1.97 bits per heavy atom. The first kappa shape index (κ1) is 21.8. The van der Waals surface area contributed by atoms with Gasteiger partial charge < -0.3 is 14.8 Å². The number of halogens is 1. The van der Waals surface area contributed by atoms with E-state index in [1.807, 2.05) is 13.0 Å². The number of nitrogens with zero attached hydrogens (tertiary/aromatic N) is 1. The van der Waals surface area contributed by atoms with Crippen molar-refractivity contribution in [1.82, 2.24) is 5.43 Å². The van der Waals surface area contributed by atoms with Crippen molar-refractivity contribution in [3.05, 3.63) is 53.1 Å². The maximum atomic E-state index is 11.9. The summed E-state index contributed by atoms with van der Waals surface area (Å²) in [5, 5.41) is 6.76. The number of rotatable bonds is 9. The van der Waals surface area contributed by atoms with Gasteiger partial charge in [0.05, 0.1) is 17.8 Å². The summed E-state index contributed by atoms with van der Waals surface area (Å²) in [6.45, 7) is 2.27. The van der Waals surface area contributed by atoms with Gasteiger partial charge in [0.1, 0.15) is 13.0 Å². The summed E-state index contributed by atoms with van der Waals surface area (Å²) in [6, 6.07) is 12.1.